The van der Waals surface area contributed by atoms with Gasteiger partial charge >= 0.3 is 0 Å². The van der Waals surface area contributed by atoms with Crippen LogP contribution in [-0.2, 0) is 15.1 Å². The predicted molar refractivity (Wildman–Crippen MR) is 98.2 cm³/mol. The number of benzene rings is 1. The van der Waals surface area contributed by atoms with Crippen molar-refractivity contribution in [3.63, 3.8) is 0 Å². The molecule has 2 unspecified atom stereocenters. The zero-order valence-electron chi connectivity index (χ0n) is 14.2. The molecule has 0 saturated carbocycles. The van der Waals surface area contributed by atoms with Gasteiger partial charge in [-0.1, -0.05) is 23.9 Å². The standard InChI is InChI=1S/C19H22O3S2/c1-13-11-19(21-3,8-9-22-13)16-10-18(23-12-16)24-17-6-4-15(5-7-17)14(2)20/h4-7,10,12-13H,8-9,11H2,1-3H3. The lowest BCUT2D eigenvalue weighted by Crippen LogP contribution is -2.38. The van der Waals surface area contributed by atoms with Crippen molar-refractivity contribution in [1.29, 1.82) is 0 Å². The second kappa shape index (κ2) is 7.40. The number of thiophene rings is 1. The molecule has 2 heterocycles. The first-order chi connectivity index (χ1) is 11.5. The number of rotatable bonds is 5. The molecule has 2 atom stereocenters. The average molecular weight is 363 g/mol. The maximum absolute atomic E-state index is 11.4. The monoisotopic (exact) mass is 362 g/mol. The number of Topliss-reactive ketones (excluding diaryl/α,β-unsaturated/α-hetero) is 1. The third-order valence-corrected chi connectivity index (χ3v) is 6.58. The summed E-state index contributed by atoms with van der Waals surface area (Å²) in [6.45, 7) is 4.43. The van der Waals surface area contributed by atoms with Crippen LogP contribution in [0.15, 0.2) is 44.8 Å². The fraction of sp³-hybridized carbons (Fsp3) is 0.421. The van der Waals surface area contributed by atoms with Crippen LogP contribution < -0.4 is 0 Å². The van der Waals surface area contributed by atoms with Gasteiger partial charge in [0, 0.05) is 30.4 Å². The van der Waals surface area contributed by atoms with Gasteiger partial charge in [-0.05, 0) is 43.0 Å². The Morgan fingerprint density at radius 2 is 2.12 bits per heavy atom. The molecule has 0 radical (unpaired) electrons. The quantitative estimate of drug-likeness (QED) is 0.690. The number of hydrogen-bond donors (Lipinski definition) is 0. The normalized spacial score (nSPS) is 24.0. The second-order valence-corrected chi connectivity index (χ2v) is 8.46. The van der Waals surface area contributed by atoms with Crippen molar-refractivity contribution in [2.24, 2.45) is 0 Å². The molecule has 0 amide bonds. The molecular formula is C19H22O3S2. The van der Waals surface area contributed by atoms with E-state index in [4.69, 9.17) is 9.47 Å². The number of ether oxygens (including phenoxy) is 2. The van der Waals surface area contributed by atoms with Gasteiger partial charge in [-0.3, -0.25) is 4.79 Å². The van der Waals surface area contributed by atoms with Gasteiger partial charge in [0.05, 0.1) is 22.5 Å². The van der Waals surface area contributed by atoms with Crippen LogP contribution in [-0.4, -0.2) is 25.6 Å². The van der Waals surface area contributed by atoms with Gasteiger partial charge in [-0.15, -0.1) is 11.3 Å². The smallest absolute Gasteiger partial charge is 0.159 e. The van der Waals surface area contributed by atoms with Gasteiger partial charge in [-0.2, -0.15) is 0 Å². The van der Waals surface area contributed by atoms with Gasteiger partial charge in [0.1, 0.15) is 0 Å². The van der Waals surface area contributed by atoms with Crippen LogP contribution in [0.25, 0.3) is 0 Å². The van der Waals surface area contributed by atoms with Gasteiger partial charge in [0.25, 0.3) is 0 Å². The summed E-state index contributed by atoms with van der Waals surface area (Å²) < 4.78 is 12.8. The first-order valence-electron chi connectivity index (χ1n) is 8.07. The highest BCUT2D eigenvalue weighted by atomic mass is 32.2. The minimum Gasteiger partial charge on any atom is -0.378 e. The summed E-state index contributed by atoms with van der Waals surface area (Å²) in [5.41, 5.74) is 1.76. The van der Waals surface area contributed by atoms with Crippen LogP contribution in [0.5, 0.6) is 0 Å². The average Bonchev–Trinajstić information content (AvgIpc) is 3.04. The lowest BCUT2D eigenvalue weighted by molar-refractivity contribution is -0.122. The second-order valence-electron chi connectivity index (χ2n) is 6.17. The minimum atomic E-state index is -0.231. The molecule has 1 fully saturated rings. The van der Waals surface area contributed by atoms with E-state index in [2.05, 4.69) is 18.4 Å². The summed E-state index contributed by atoms with van der Waals surface area (Å²) >= 11 is 3.46. The Bertz CT molecular complexity index is 708. The summed E-state index contributed by atoms with van der Waals surface area (Å²) in [4.78, 5) is 12.5. The van der Waals surface area contributed by atoms with Crippen LogP contribution >= 0.6 is 23.1 Å². The summed E-state index contributed by atoms with van der Waals surface area (Å²) in [6, 6.07) is 10.0. The lowest BCUT2D eigenvalue weighted by atomic mass is 9.85. The van der Waals surface area contributed by atoms with Crippen LogP contribution in [0, 0.1) is 0 Å². The first-order valence-corrected chi connectivity index (χ1v) is 9.77. The SMILES string of the molecule is COC1(c2csc(Sc3ccc(C(C)=O)cc3)c2)CCOC(C)C1. The molecule has 2 aromatic rings. The molecule has 3 rings (SSSR count). The summed E-state index contributed by atoms with van der Waals surface area (Å²) in [7, 11) is 1.79. The van der Waals surface area contributed by atoms with Crippen LogP contribution in [0.2, 0.25) is 0 Å². The molecule has 128 valence electrons. The van der Waals surface area contributed by atoms with E-state index < -0.39 is 0 Å². The van der Waals surface area contributed by atoms with E-state index in [1.807, 2.05) is 24.3 Å². The van der Waals surface area contributed by atoms with E-state index in [1.165, 1.54) is 9.77 Å². The number of carbonyl (C=O) groups is 1. The maximum Gasteiger partial charge on any atom is 0.159 e. The molecule has 0 spiro atoms. The van der Waals surface area contributed by atoms with Crippen LogP contribution in [0.1, 0.15) is 42.6 Å². The molecule has 5 heteroatoms. The van der Waals surface area contributed by atoms with Crippen molar-refractivity contribution in [2.45, 2.75) is 47.5 Å². The van der Waals surface area contributed by atoms with E-state index in [-0.39, 0.29) is 17.5 Å². The molecule has 0 N–H and O–H groups in total. The fourth-order valence-electron chi connectivity index (χ4n) is 3.10. The maximum atomic E-state index is 11.4. The Kier molecular flexibility index (Phi) is 5.45. The van der Waals surface area contributed by atoms with Crippen molar-refractivity contribution >= 4 is 28.9 Å². The van der Waals surface area contributed by atoms with Crippen molar-refractivity contribution in [2.75, 3.05) is 13.7 Å². The first kappa shape index (κ1) is 17.7. The Morgan fingerprint density at radius 1 is 1.38 bits per heavy atom. The van der Waals surface area contributed by atoms with E-state index >= 15 is 0 Å². The molecule has 24 heavy (non-hydrogen) atoms. The zero-order chi connectivity index (χ0) is 17.2. The molecule has 3 nitrogen and oxygen atoms in total. The van der Waals surface area contributed by atoms with Crippen LogP contribution in [0.3, 0.4) is 0 Å². The van der Waals surface area contributed by atoms with Crippen molar-refractivity contribution in [3.8, 4) is 0 Å². The molecule has 0 aliphatic carbocycles. The number of carbonyl (C=O) groups excluding carboxylic acids is 1. The van der Waals surface area contributed by atoms with E-state index in [0.717, 1.165) is 29.9 Å². The van der Waals surface area contributed by atoms with Crippen molar-refractivity contribution in [1.82, 2.24) is 0 Å². The highest BCUT2D eigenvalue weighted by Crippen LogP contribution is 2.42. The minimum absolute atomic E-state index is 0.0978. The van der Waals surface area contributed by atoms with Crippen LogP contribution in [0.4, 0.5) is 0 Å². The molecule has 1 aromatic carbocycles. The highest BCUT2D eigenvalue weighted by Gasteiger charge is 2.38. The number of hydrogen-bond acceptors (Lipinski definition) is 5. The lowest BCUT2D eigenvalue weighted by Gasteiger charge is -2.38. The molecule has 1 saturated heterocycles. The molecule has 0 bridgehead atoms. The van der Waals surface area contributed by atoms with Gasteiger partial charge in [0.15, 0.2) is 5.78 Å². The number of ketones is 1. The van der Waals surface area contributed by atoms with Gasteiger partial charge < -0.3 is 9.47 Å². The summed E-state index contributed by atoms with van der Waals surface area (Å²) in [5, 5.41) is 2.20. The van der Waals surface area contributed by atoms with Gasteiger partial charge in [-0.25, -0.2) is 0 Å². The summed E-state index contributed by atoms with van der Waals surface area (Å²) in [5.74, 6) is 0.0978. The van der Waals surface area contributed by atoms with Gasteiger partial charge in [0.2, 0.25) is 0 Å². The molecule has 1 aromatic heterocycles. The van der Waals surface area contributed by atoms with Crippen molar-refractivity contribution < 1.29 is 14.3 Å². The number of methoxy groups -OCH3 is 1. The third-order valence-electron chi connectivity index (χ3n) is 4.50. The van der Waals surface area contributed by atoms with E-state index in [0.29, 0.717) is 0 Å². The fourth-order valence-corrected chi connectivity index (χ4v) is 5.14. The van der Waals surface area contributed by atoms with Crippen molar-refractivity contribution in [3.05, 3.63) is 46.8 Å². The van der Waals surface area contributed by atoms with E-state index in [1.54, 1.807) is 37.1 Å². The molecular weight excluding hydrogens is 340 g/mol. The largest absolute Gasteiger partial charge is 0.378 e. The summed E-state index contributed by atoms with van der Waals surface area (Å²) in [6.07, 6.45) is 1.99. The molecule has 1 aliphatic heterocycles. The zero-order valence-corrected chi connectivity index (χ0v) is 15.8. The van der Waals surface area contributed by atoms with E-state index in [9.17, 15) is 4.79 Å². The molecule has 1 aliphatic rings. The predicted octanol–water partition coefficient (Wildman–Crippen LogP) is 5.14. The Hall–Kier alpha value is -1.14. The topological polar surface area (TPSA) is 35.5 Å². The third kappa shape index (κ3) is 3.75. The highest BCUT2D eigenvalue weighted by molar-refractivity contribution is 8.01. The Morgan fingerprint density at radius 3 is 2.75 bits per heavy atom. The Labute approximate surface area is 151 Å². The Balaban J connectivity index is 1.76.